The second-order valence-corrected chi connectivity index (χ2v) is 3.53. The molecular weight excluding hydrogens is 329 g/mol. The van der Waals surface area contributed by atoms with Crippen LogP contribution in [0.4, 0.5) is 0 Å². The number of furan rings is 1. The average molecular weight is 349 g/mol. The van der Waals surface area contributed by atoms with Crippen molar-refractivity contribution in [3.05, 3.63) is 35.8 Å². The number of hydrogen-bond acceptors (Lipinski definition) is 2. The van der Waals surface area contributed by atoms with Gasteiger partial charge < -0.3 is 15.1 Å². The molecule has 0 unspecified atom stereocenters. The van der Waals surface area contributed by atoms with Crippen molar-refractivity contribution in [1.29, 1.82) is 0 Å². The zero-order valence-corrected chi connectivity index (χ0v) is 12.9. The van der Waals surface area contributed by atoms with Gasteiger partial charge in [0, 0.05) is 25.7 Å². The normalized spacial score (nSPS) is 10.6. The van der Waals surface area contributed by atoms with Gasteiger partial charge in [-0.05, 0) is 19.9 Å². The van der Waals surface area contributed by atoms with Crippen LogP contribution in [0.3, 0.4) is 0 Å². The van der Waals surface area contributed by atoms with E-state index in [0.717, 1.165) is 23.0 Å². The van der Waals surface area contributed by atoms with Gasteiger partial charge >= 0.3 is 0 Å². The molecule has 0 aliphatic heterocycles. The van der Waals surface area contributed by atoms with Gasteiger partial charge in [0.1, 0.15) is 11.5 Å². The molecule has 1 heterocycles. The van der Waals surface area contributed by atoms with Crippen LogP contribution in [0.25, 0.3) is 0 Å². The third kappa shape index (κ3) is 5.25. The van der Waals surface area contributed by atoms with Crippen LogP contribution in [0, 0.1) is 13.8 Å². The lowest BCUT2D eigenvalue weighted by Crippen LogP contribution is -2.36. The van der Waals surface area contributed by atoms with Gasteiger partial charge in [-0.2, -0.15) is 0 Å². The summed E-state index contributed by atoms with van der Waals surface area (Å²) in [6, 6.07) is 2.03. The summed E-state index contributed by atoms with van der Waals surface area (Å²) in [7, 11) is 1.74. The number of halogens is 1. The molecule has 5 heteroatoms. The summed E-state index contributed by atoms with van der Waals surface area (Å²) in [4.78, 5) is 4.09. The maximum Gasteiger partial charge on any atom is 0.191 e. The number of aliphatic imine (C=N–C) groups is 1. The number of nitrogens with zero attached hydrogens (tertiary/aromatic N) is 1. The number of guanidine groups is 1. The Balaban J connectivity index is 0.00000256. The summed E-state index contributed by atoms with van der Waals surface area (Å²) in [5, 5.41) is 6.31. The number of rotatable bonds is 4. The van der Waals surface area contributed by atoms with E-state index in [-0.39, 0.29) is 24.0 Å². The molecule has 0 fully saturated rings. The molecule has 1 aromatic rings. The fraction of sp³-hybridized carbons (Fsp3) is 0.417. The van der Waals surface area contributed by atoms with Crippen molar-refractivity contribution in [2.45, 2.75) is 20.4 Å². The molecule has 96 valence electrons. The van der Waals surface area contributed by atoms with Crippen molar-refractivity contribution in [3.8, 4) is 0 Å². The molecule has 0 bridgehead atoms. The first kappa shape index (κ1) is 16.0. The van der Waals surface area contributed by atoms with E-state index >= 15 is 0 Å². The van der Waals surface area contributed by atoms with Crippen LogP contribution < -0.4 is 10.6 Å². The van der Waals surface area contributed by atoms with Gasteiger partial charge in [0.05, 0.1) is 0 Å². The molecule has 0 aliphatic rings. The quantitative estimate of drug-likeness (QED) is 0.380. The van der Waals surface area contributed by atoms with Gasteiger partial charge in [-0.3, -0.25) is 4.99 Å². The lowest BCUT2D eigenvalue weighted by molar-refractivity contribution is 0.500. The summed E-state index contributed by atoms with van der Waals surface area (Å²) < 4.78 is 5.45. The molecule has 0 saturated carbocycles. The van der Waals surface area contributed by atoms with E-state index in [4.69, 9.17) is 4.42 Å². The van der Waals surface area contributed by atoms with Crippen LogP contribution in [0.5, 0.6) is 0 Å². The standard InChI is InChI=1S/C12H19N3O.HI/c1-5-6-14-12(13-4)15-8-11-7-9(2)16-10(11)3;/h5,7H,1,6,8H2,2-4H3,(H2,13,14,15);1H. The van der Waals surface area contributed by atoms with Gasteiger partial charge in [-0.25, -0.2) is 0 Å². The molecule has 0 atom stereocenters. The molecule has 0 amide bonds. The van der Waals surface area contributed by atoms with Crippen molar-refractivity contribution in [1.82, 2.24) is 10.6 Å². The Morgan fingerprint density at radius 1 is 1.47 bits per heavy atom. The molecule has 2 N–H and O–H groups in total. The highest BCUT2D eigenvalue weighted by Gasteiger charge is 2.04. The minimum Gasteiger partial charge on any atom is -0.466 e. The first-order valence-electron chi connectivity index (χ1n) is 5.28. The molecule has 0 aliphatic carbocycles. The van der Waals surface area contributed by atoms with Gasteiger partial charge in [0.2, 0.25) is 0 Å². The van der Waals surface area contributed by atoms with Crippen molar-refractivity contribution >= 4 is 29.9 Å². The maximum atomic E-state index is 5.45. The predicted octanol–water partition coefficient (Wildman–Crippen LogP) is 2.37. The van der Waals surface area contributed by atoms with Crippen LogP contribution in [-0.4, -0.2) is 19.6 Å². The first-order chi connectivity index (χ1) is 7.67. The Morgan fingerprint density at radius 3 is 2.65 bits per heavy atom. The Hall–Kier alpha value is -0.980. The highest BCUT2D eigenvalue weighted by atomic mass is 127. The minimum absolute atomic E-state index is 0. The van der Waals surface area contributed by atoms with Gasteiger partial charge in [0.15, 0.2) is 5.96 Å². The lowest BCUT2D eigenvalue weighted by atomic mass is 10.2. The number of aryl methyl sites for hydroxylation is 2. The Morgan fingerprint density at radius 2 is 2.18 bits per heavy atom. The Labute approximate surface area is 120 Å². The van der Waals surface area contributed by atoms with Gasteiger partial charge in [-0.15, -0.1) is 30.6 Å². The largest absolute Gasteiger partial charge is 0.466 e. The maximum absolute atomic E-state index is 5.45. The molecule has 1 rings (SSSR count). The second kappa shape index (κ2) is 8.16. The number of nitrogens with one attached hydrogen (secondary N) is 2. The summed E-state index contributed by atoms with van der Waals surface area (Å²) >= 11 is 0. The van der Waals surface area contributed by atoms with Crippen LogP contribution >= 0.6 is 24.0 Å². The first-order valence-corrected chi connectivity index (χ1v) is 5.28. The highest BCUT2D eigenvalue weighted by molar-refractivity contribution is 14.0. The molecule has 17 heavy (non-hydrogen) atoms. The van der Waals surface area contributed by atoms with E-state index in [1.54, 1.807) is 13.1 Å². The third-order valence-corrected chi connectivity index (χ3v) is 2.23. The minimum atomic E-state index is 0. The molecule has 0 aromatic carbocycles. The monoisotopic (exact) mass is 349 g/mol. The van der Waals surface area contributed by atoms with E-state index in [1.165, 1.54) is 0 Å². The average Bonchev–Trinajstić information content (AvgIpc) is 2.58. The molecule has 0 saturated heterocycles. The highest BCUT2D eigenvalue weighted by Crippen LogP contribution is 2.12. The summed E-state index contributed by atoms with van der Waals surface area (Å²) in [5.74, 6) is 2.64. The van der Waals surface area contributed by atoms with Crippen LogP contribution in [0.1, 0.15) is 17.1 Å². The van der Waals surface area contributed by atoms with Crippen LogP contribution in [0.2, 0.25) is 0 Å². The molecule has 1 aromatic heterocycles. The fourth-order valence-corrected chi connectivity index (χ4v) is 1.43. The van der Waals surface area contributed by atoms with E-state index in [9.17, 15) is 0 Å². The van der Waals surface area contributed by atoms with Crippen molar-refractivity contribution < 1.29 is 4.42 Å². The third-order valence-electron chi connectivity index (χ3n) is 2.23. The van der Waals surface area contributed by atoms with E-state index in [0.29, 0.717) is 13.1 Å². The van der Waals surface area contributed by atoms with E-state index in [2.05, 4.69) is 22.2 Å². The van der Waals surface area contributed by atoms with Crippen molar-refractivity contribution in [2.24, 2.45) is 4.99 Å². The summed E-state index contributed by atoms with van der Waals surface area (Å²) in [6.45, 7) is 8.96. The van der Waals surface area contributed by atoms with Crippen molar-refractivity contribution in [3.63, 3.8) is 0 Å². The summed E-state index contributed by atoms with van der Waals surface area (Å²) in [6.07, 6.45) is 1.79. The van der Waals surface area contributed by atoms with Crippen molar-refractivity contribution in [2.75, 3.05) is 13.6 Å². The Bertz CT molecular complexity index is 385. The second-order valence-electron chi connectivity index (χ2n) is 3.53. The number of hydrogen-bond donors (Lipinski definition) is 2. The predicted molar refractivity (Wildman–Crippen MR) is 82.0 cm³/mol. The van der Waals surface area contributed by atoms with Crippen LogP contribution in [0.15, 0.2) is 28.1 Å². The van der Waals surface area contributed by atoms with Gasteiger partial charge in [-0.1, -0.05) is 6.08 Å². The van der Waals surface area contributed by atoms with E-state index < -0.39 is 0 Å². The molecule has 0 radical (unpaired) electrons. The van der Waals surface area contributed by atoms with Gasteiger partial charge in [0.25, 0.3) is 0 Å². The molecule has 4 nitrogen and oxygen atoms in total. The fourth-order valence-electron chi connectivity index (χ4n) is 1.43. The smallest absolute Gasteiger partial charge is 0.191 e. The SMILES string of the molecule is C=CCNC(=NC)NCc1cc(C)oc1C.I. The van der Waals surface area contributed by atoms with Crippen LogP contribution in [-0.2, 0) is 6.54 Å². The lowest BCUT2D eigenvalue weighted by Gasteiger charge is -2.09. The summed E-state index contributed by atoms with van der Waals surface area (Å²) in [5.41, 5.74) is 1.15. The zero-order chi connectivity index (χ0) is 12.0. The molecule has 0 spiro atoms. The zero-order valence-electron chi connectivity index (χ0n) is 10.5. The Kier molecular flexibility index (Phi) is 7.69. The topological polar surface area (TPSA) is 49.6 Å². The molecular formula is C12H20IN3O. The van der Waals surface area contributed by atoms with E-state index in [1.807, 2.05) is 19.9 Å².